The third kappa shape index (κ3) is 3.70. The van der Waals surface area contributed by atoms with E-state index >= 15 is 0 Å². The van der Waals surface area contributed by atoms with Crippen molar-refractivity contribution in [3.63, 3.8) is 0 Å². The molecule has 0 saturated carbocycles. The van der Waals surface area contributed by atoms with Crippen LogP contribution in [0.1, 0.15) is 38.5 Å². The van der Waals surface area contributed by atoms with Gasteiger partial charge in [-0.15, -0.1) is 0 Å². The predicted octanol–water partition coefficient (Wildman–Crippen LogP) is 2.36. The van der Waals surface area contributed by atoms with Gasteiger partial charge in [0.15, 0.2) is 0 Å². The Balaban J connectivity index is 1.52. The van der Waals surface area contributed by atoms with E-state index in [4.69, 9.17) is 4.74 Å². The van der Waals surface area contributed by atoms with Crippen LogP contribution in [0.2, 0.25) is 0 Å². The molecule has 0 radical (unpaired) electrons. The zero-order valence-electron chi connectivity index (χ0n) is 12.9. The van der Waals surface area contributed by atoms with E-state index in [1.807, 2.05) is 0 Å². The van der Waals surface area contributed by atoms with Crippen molar-refractivity contribution in [1.82, 2.24) is 10.2 Å². The molecule has 3 fully saturated rings. The van der Waals surface area contributed by atoms with Crippen LogP contribution in [0.15, 0.2) is 0 Å². The minimum atomic E-state index is 0.233. The van der Waals surface area contributed by atoms with Crippen molar-refractivity contribution >= 4 is 11.8 Å². The number of piperidine rings is 1. The van der Waals surface area contributed by atoms with Crippen molar-refractivity contribution in [3.8, 4) is 0 Å². The number of nitrogens with one attached hydrogen (secondary N) is 1. The van der Waals surface area contributed by atoms with Crippen LogP contribution in [0.4, 0.5) is 0 Å². The van der Waals surface area contributed by atoms with Crippen LogP contribution in [0.25, 0.3) is 0 Å². The summed E-state index contributed by atoms with van der Waals surface area (Å²) in [5.74, 6) is 3.50. The fourth-order valence-corrected chi connectivity index (χ4v) is 5.33. The van der Waals surface area contributed by atoms with E-state index < -0.39 is 0 Å². The topological polar surface area (TPSA) is 24.5 Å². The van der Waals surface area contributed by atoms with Crippen LogP contribution < -0.4 is 5.32 Å². The molecule has 3 heterocycles. The molecular formula is C16H30N2OS. The Labute approximate surface area is 128 Å². The second-order valence-electron chi connectivity index (χ2n) is 6.92. The van der Waals surface area contributed by atoms with Gasteiger partial charge in [-0.25, -0.2) is 0 Å². The second-order valence-corrected chi connectivity index (χ2v) is 8.15. The van der Waals surface area contributed by atoms with Gasteiger partial charge in [0.05, 0.1) is 5.60 Å². The molecule has 3 nitrogen and oxygen atoms in total. The lowest BCUT2D eigenvalue weighted by Gasteiger charge is -2.46. The van der Waals surface area contributed by atoms with Crippen LogP contribution in [0, 0.1) is 5.92 Å². The molecule has 0 aliphatic carbocycles. The number of thioether (sulfide) groups is 1. The lowest BCUT2D eigenvalue weighted by atomic mass is 9.84. The highest BCUT2D eigenvalue weighted by molar-refractivity contribution is 7.99. The standard InChI is InChI=1S/C16H30N2OS/c1-18(13-14-2-7-17-8-3-14)15-4-9-19-16(12-15)5-10-20-11-6-16/h14-15,17H,2-13H2,1H3. The summed E-state index contributed by atoms with van der Waals surface area (Å²) in [6.45, 7) is 4.70. The van der Waals surface area contributed by atoms with Crippen molar-refractivity contribution in [2.45, 2.75) is 50.2 Å². The minimum absolute atomic E-state index is 0.233. The number of hydrogen-bond donors (Lipinski definition) is 1. The van der Waals surface area contributed by atoms with Gasteiger partial charge in [-0.1, -0.05) is 0 Å². The molecule has 0 bridgehead atoms. The quantitative estimate of drug-likeness (QED) is 0.864. The van der Waals surface area contributed by atoms with Crippen LogP contribution in [0.5, 0.6) is 0 Å². The minimum Gasteiger partial charge on any atom is -0.375 e. The smallest absolute Gasteiger partial charge is 0.0713 e. The summed E-state index contributed by atoms with van der Waals surface area (Å²) in [5, 5.41) is 3.47. The number of rotatable bonds is 3. The van der Waals surface area contributed by atoms with E-state index in [9.17, 15) is 0 Å². The first-order chi connectivity index (χ1) is 9.77. The Morgan fingerprint density at radius 2 is 1.95 bits per heavy atom. The van der Waals surface area contributed by atoms with Crippen molar-refractivity contribution < 1.29 is 4.74 Å². The zero-order valence-corrected chi connectivity index (χ0v) is 13.7. The molecule has 0 aromatic carbocycles. The summed E-state index contributed by atoms with van der Waals surface area (Å²) in [5.41, 5.74) is 0.233. The second kappa shape index (κ2) is 6.99. The molecular weight excluding hydrogens is 268 g/mol. The molecule has 0 amide bonds. The highest BCUT2D eigenvalue weighted by atomic mass is 32.2. The summed E-state index contributed by atoms with van der Waals surface area (Å²) >= 11 is 2.10. The normalized spacial score (nSPS) is 31.8. The molecule has 1 N–H and O–H groups in total. The van der Waals surface area contributed by atoms with Crippen molar-refractivity contribution in [2.75, 3.05) is 44.8 Å². The average molecular weight is 298 g/mol. The Hall–Kier alpha value is 0.230. The van der Waals surface area contributed by atoms with E-state index in [0.717, 1.165) is 18.6 Å². The van der Waals surface area contributed by atoms with Gasteiger partial charge in [-0.05, 0) is 76.1 Å². The average Bonchev–Trinajstić information content (AvgIpc) is 2.49. The molecule has 20 heavy (non-hydrogen) atoms. The number of nitrogens with zero attached hydrogens (tertiary/aromatic N) is 1. The molecule has 0 aromatic heterocycles. The SMILES string of the molecule is CN(CC1CCNCC1)C1CCOC2(CCSCC2)C1. The van der Waals surface area contributed by atoms with E-state index in [1.165, 1.54) is 69.7 Å². The third-order valence-corrected chi connectivity index (χ3v) is 6.48. The lowest BCUT2D eigenvalue weighted by Crippen LogP contribution is -2.50. The maximum Gasteiger partial charge on any atom is 0.0713 e. The van der Waals surface area contributed by atoms with Crippen molar-refractivity contribution in [3.05, 3.63) is 0 Å². The highest BCUT2D eigenvalue weighted by Gasteiger charge is 2.40. The van der Waals surface area contributed by atoms with Crippen molar-refractivity contribution in [2.24, 2.45) is 5.92 Å². The van der Waals surface area contributed by atoms with E-state index in [1.54, 1.807) is 0 Å². The molecule has 0 aromatic rings. The van der Waals surface area contributed by atoms with Gasteiger partial charge in [-0.3, -0.25) is 0 Å². The van der Waals surface area contributed by atoms with Crippen LogP contribution in [-0.2, 0) is 4.74 Å². The van der Waals surface area contributed by atoms with Crippen LogP contribution >= 0.6 is 11.8 Å². The zero-order chi connectivity index (χ0) is 13.8. The number of hydrogen-bond acceptors (Lipinski definition) is 4. The predicted molar refractivity (Wildman–Crippen MR) is 86.5 cm³/mol. The van der Waals surface area contributed by atoms with Gasteiger partial charge in [0.2, 0.25) is 0 Å². The Bertz CT molecular complexity index is 295. The summed E-state index contributed by atoms with van der Waals surface area (Å²) in [6, 6.07) is 0.752. The van der Waals surface area contributed by atoms with E-state index in [2.05, 4.69) is 29.0 Å². The summed E-state index contributed by atoms with van der Waals surface area (Å²) in [4.78, 5) is 2.65. The maximum absolute atomic E-state index is 6.23. The Kier molecular flexibility index (Phi) is 5.29. The molecule has 1 atom stereocenters. The number of ether oxygens (including phenoxy) is 1. The molecule has 116 valence electrons. The first-order valence-corrected chi connectivity index (χ1v) is 9.56. The molecule has 3 aliphatic heterocycles. The fraction of sp³-hybridized carbons (Fsp3) is 1.00. The van der Waals surface area contributed by atoms with Gasteiger partial charge in [0, 0.05) is 19.2 Å². The lowest BCUT2D eigenvalue weighted by molar-refractivity contribution is -0.109. The monoisotopic (exact) mass is 298 g/mol. The van der Waals surface area contributed by atoms with Crippen molar-refractivity contribution in [1.29, 1.82) is 0 Å². The first kappa shape index (κ1) is 15.1. The molecule has 1 spiro atoms. The van der Waals surface area contributed by atoms with Crippen LogP contribution in [0.3, 0.4) is 0 Å². The van der Waals surface area contributed by atoms with E-state index in [-0.39, 0.29) is 5.60 Å². The highest BCUT2D eigenvalue weighted by Crippen LogP contribution is 2.38. The molecule has 3 aliphatic rings. The third-order valence-electron chi connectivity index (χ3n) is 5.50. The first-order valence-electron chi connectivity index (χ1n) is 8.40. The Morgan fingerprint density at radius 1 is 1.20 bits per heavy atom. The van der Waals surface area contributed by atoms with Gasteiger partial charge < -0.3 is 15.0 Å². The largest absolute Gasteiger partial charge is 0.375 e. The molecule has 3 rings (SSSR count). The maximum atomic E-state index is 6.23. The van der Waals surface area contributed by atoms with Gasteiger partial charge in [0.1, 0.15) is 0 Å². The molecule has 4 heteroatoms. The summed E-state index contributed by atoms with van der Waals surface area (Å²) < 4.78 is 6.23. The molecule has 3 saturated heterocycles. The molecule has 1 unspecified atom stereocenters. The van der Waals surface area contributed by atoms with Gasteiger partial charge >= 0.3 is 0 Å². The van der Waals surface area contributed by atoms with E-state index in [0.29, 0.717) is 0 Å². The fourth-order valence-electron chi connectivity index (χ4n) is 4.09. The van der Waals surface area contributed by atoms with Crippen LogP contribution in [-0.4, -0.2) is 61.3 Å². The summed E-state index contributed by atoms with van der Waals surface area (Å²) in [7, 11) is 2.35. The van der Waals surface area contributed by atoms with Gasteiger partial charge in [0.25, 0.3) is 0 Å². The Morgan fingerprint density at radius 3 is 2.70 bits per heavy atom. The van der Waals surface area contributed by atoms with Gasteiger partial charge in [-0.2, -0.15) is 11.8 Å². The summed E-state index contributed by atoms with van der Waals surface area (Å²) in [6.07, 6.45) is 7.76.